The number of aromatic nitrogens is 1. The van der Waals surface area contributed by atoms with Crippen LogP contribution in [0.4, 0.5) is 10.5 Å². The summed E-state index contributed by atoms with van der Waals surface area (Å²) in [5, 5.41) is 6.89. The van der Waals surface area contributed by atoms with E-state index in [9.17, 15) is 9.59 Å². The van der Waals surface area contributed by atoms with Crippen LogP contribution in [-0.4, -0.2) is 30.9 Å². The predicted octanol–water partition coefficient (Wildman–Crippen LogP) is 6.70. The number of benzene rings is 2. The lowest BCUT2D eigenvalue weighted by Crippen LogP contribution is -2.49. The van der Waals surface area contributed by atoms with Gasteiger partial charge in [-0.1, -0.05) is 59.8 Å². The molecule has 6 rings (SSSR count). The van der Waals surface area contributed by atoms with E-state index >= 15 is 0 Å². The topological polar surface area (TPSA) is 99.9 Å². The molecule has 0 spiro atoms. The number of fused-ring (bicyclic) bond motifs is 3. The summed E-state index contributed by atoms with van der Waals surface area (Å²) in [6.45, 7) is 4.27. The van der Waals surface area contributed by atoms with Crippen LogP contribution in [0.25, 0.3) is 11.3 Å². The molecule has 3 fully saturated rings. The van der Waals surface area contributed by atoms with E-state index in [1.807, 2.05) is 49.4 Å². The minimum Gasteiger partial charge on any atom is -0.469 e. The number of esters is 1. The van der Waals surface area contributed by atoms with Gasteiger partial charge in [0.05, 0.1) is 19.3 Å². The van der Waals surface area contributed by atoms with E-state index in [2.05, 4.69) is 22.6 Å². The third kappa shape index (κ3) is 5.18. The van der Waals surface area contributed by atoms with Gasteiger partial charge < -0.3 is 18.7 Å². The molecular formula is C30H34N2O6. The zero-order valence-electron chi connectivity index (χ0n) is 22.1. The van der Waals surface area contributed by atoms with E-state index in [4.69, 9.17) is 18.7 Å². The average molecular weight is 519 g/mol. The van der Waals surface area contributed by atoms with Crippen molar-refractivity contribution in [2.24, 2.45) is 5.41 Å². The zero-order valence-corrected chi connectivity index (χ0v) is 22.1. The molecule has 1 aliphatic carbocycles. The maximum absolute atomic E-state index is 12.7. The monoisotopic (exact) mass is 518 g/mol. The van der Waals surface area contributed by atoms with Gasteiger partial charge in [-0.2, -0.15) is 0 Å². The predicted molar refractivity (Wildman–Crippen MR) is 141 cm³/mol. The molecule has 2 bridgehead atoms. The molecule has 200 valence electrons. The fourth-order valence-electron chi connectivity index (χ4n) is 5.65. The molecule has 3 aromatic rings. The lowest BCUT2D eigenvalue weighted by Gasteiger charge is -2.53. The van der Waals surface area contributed by atoms with Crippen molar-refractivity contribution in [3.8, 4) is 11.3 Å². The van der Waals surface area contributed by atoms with Crippen LogP contribution < -0.4 is 5.32 Å². The number of hydrogen-bond acceptors (Lipinski definition) is 7. The Morgan fingerprint density at radius 3 is 2.39 bits per heavy atom. The summed E-state index contributed by atoms with van der Waals surface area (Å²) in [5.41, 5.74) is 3.66. The Bertz CT molecular complexity index is 1260. The summed E-state index contributed by atoms with van der Waals surface area (Å²) in [4.78, 5) is 24.3. The van der Waals surface area contributed by atoms with Crippen LogP contribution in [0.1, 0.15) is 68.4 Å². The van der Waals surface area contributed by atoms with Crippen molar-refractivity contribution in [3.63, 3.8) is 0 Å². The number of carbonyl (C=O) groups excluding carboxylic acids is 2. The van der Waals surface area contributed by atoms with Crippen LogP contribution in [0.15, 0.2) is 59.1 Å². The third-order valence-electron chi connectivity index (χ3n) is 8.18. The van der Waals surface area contributed by atoms with Crippen molar-refractivity contribution >= 4 is 17.7 Å². The van der Waals surface area contributed by atoms with Gasteiger partial charge in [-0.3, -0.25) is 10.1 Å². The van der Waals surface area contributed by atoms with Crippen LogP contribution >= 0.6 is 0 Å². The van der Waals surface area contributed by atoms with Gasteiger partial charge in [0, 0.05) is 12.0 Å². The van der Waals surface area contributed by atoms with Crippen LogP contribution in [0, 0.1) is 12.3 Å². The van der Waals surface area contributed by atoms with Gasteiger partial charge in [0.25, 0.3) is 0 Å². The van der Waals surface area contributed by atoms with Crippen molar-refractivity contribution in [1.82, 2.24) is 5.16 Å². The summed E-state index contributed by atoms with van der Waals surface area (Å²) in [6, 6.07) is 17.7. The van der Waals surface area contributed by atoms with Crippen molar-refractivity contribution in [1.29, 1.82) is 0 Å². The molecule has 1 saturated carbocycles. The highest BCUT2D eigenvalue weighted by Crippen LogP contribution is 2.55. The second-order valence-electron chi connectivity index (χ2n) is 10.5. The van der Waals surface area contributed by atoms with Crippen LogP contribution in [0.5, 0.6) is 0 Å². The fraction of sp³-hybridized carbons (Fsp3) is 0.433. The standard InChI is InChI=1S/C30H34N2O6/c1-20-26(31-28(34)37-21(2)22-7-5-4-6-8-22)27(38-32-20)23-9-11-24(12-10-23)30-17-15-29(16-18-30,19-36-30)14-13-25(33)35-3/h4-12,21H,13-19H2,1-3H3,(H,31,34)/t21-,29?,30?/m1/s1. The van der Waals surface area contributed by atoms with Crippen molar-refractivity contribution in [2.45, 2.75) is 64.1 Å². The van der Waals surface area contributed by atoms with E-state index in [0.29, 0.717) is 30.2 Å². The highest BCUT2D eigenvalue weighted by Gasteiger charge is 2.50. The first kappa shape index (κ1) is 26.0. The first-order chi connectivity index (χ1) is 18.3. The smallest absolute Gasteiger partial charge is 0.412 e. The maximum Gasteiger partial charge on any atom is 0.412 e. The fourth-order valence-corrected chi connectivity index (χ4v) is 5.65. The lowest BCUT2D eigenvalue weighted by molar-refractivity contribution is -0.192. The first-order valence-corrected chi connectivity index (χ1v) is 13.1. The number of amides is 1. The highest BCUT2D eigenvalue weighted by molar-refractivity contribution is 5.90. The number of nitrogens with one attached hydrogen (secondary N) is 1. The normalized spacial score (nSPS) is 23.0. The molecule has 1 atom stereocenters. The van der Waals surface area contributed by atoms with Crippen molar-refractivity contribution in [2.75, 3.05) is 19.0 Å². The molecule has 2 aromatic carbocycles. The van der Waals surface area contributed by atoms with E-state index in [-0.39, 0.29) is 17.0 Å². The largest absolute Gasteiger partial charge is 0.469 e. The molecule has 2 saturated heterocycles. The second kappa shape index (κ2) is 10.6. The number of nitrogens with zero attached hydrogens (tertiary/aromatic N) is 1. The van der Waals surface area contributed by atoms with E-state index in [1.54, 1.807) is 6.92 Å². The summed E-state index contributed by atoms with van der Waals surface area (Å²) in [5.74, 6) is 0.318. The molecule has 1 amide bonds. The lowest BCUT2D eigenvalue weighted by atomic mass is 9.62. The van der Waals surface area contributed by atoms with Gasteiger partial charge >= 0.3 is 12.1 Å². The minimum absolute atomic E-state index is 0.0699. The molecule has 38 heavy (non-hydrogen) atoms. The Balaban J connectivity index is 1.25. The molecular weight excluding hydrogens is 484 g/mol. The summed E-state index contributed by atoms with van der Waals surface area (Å²) < 4.78 is 22.4. The number of hydrogen-bond donors (Lipinski definition) is 1. The molecule has 3 heterocycles. The maximum atomic E-state index is 12.7. The molecule has 8 heteroatoms. The molecule has 1 aromatic heterocycles. The third-order valence-corrected chi connectivity index (χ3v) is 8.18. The number of aryl methyl sites for hydroxylation is 1. The zero-order chi connectivity index (χ0) is 26.8. The summed E-state index contributed by atoms with van der Waals surface area (Å²) in [6.07, 6.45) is 4.19. The molecule has 0 unspecified atom stereocenters. The number of methoxy groups -OCH3 is 1. The number of ether oxygens (including phenoxy) is 3. The van der Waals surface area contributed by atoms with Crippen molar-refractivity contribution < 1.29 is 28.3 Å². The number of anilines is 1. The number of rotatable bonds is 8. The Morgan fingerprint density at radius 1 is 1.05 bits per heavy atom. The van der Waals surface area contributed by atoms with Crippen molar-refractivity contribution in [3.05, 3.63) is 71.4 Å². The summed E-state index contributed by atoms with van der Waals surface area (Å²) in [7, 11) is 1.43. The van der Waals surface area contributed by atoms with E-state index in [0.717, 1.165) is 48.8 Å². The Labute approximate surface area is 222 Å². The number of carbonyl (C=O) groups is 2. The Hall–Kier alpha value is -3.65. The molecule has 0 radical (unpaired) electrons. The molecule has 8 nitrogen and oxygen atoms in total. The van der Waals surface area contributed by atoms with Crippen LogP contribution in [-0.2, 0) is 24.6 Å². The van der Waals surface area contributed by atoms with Gasteiger partial charge in [-0.15, -0.1) is 0 Å². The average Bonchev–Trinajstić information content (AvgIpc) is 3.32. The van der Waals surface area contributed by atoms with Gasteiger partial charge in [-0.25, -0.2) is 4.79 Å². The van der Waals surface area contributed by atoms with E-state index in [1.165, 1.54) is 7.11 Å². The van der Waals surface area contributed by atoms with Gasteiger partial charge in [0.1, 0.15) is 17.5 Å². The quantitative estimate of drug-likeness (QED) is 0.331. The Kier molecular flexibility index (Phi) is 7.25. The first-order valence-electron chi connectivity index (χ1n) is 13.1. The van der Waals surface area contributed by atoms with E-state index < -0.39 is 12.2 Å². The second-order valence-corrected chi connectivity index (χ2v) is 10.5. The van der Waals surface area contributed by atoms with Gasteiger partial charge in [0.15, 0.2) is 5.76 Å². The van der Waals surface area contributed by atoms with Crippen LogP contribution in [0.2, 0.25) is 0 Å². The highest BCUT2D eigenvalue weighted by atomic mass is 16.6. The molecule has 1 N–H and O–H groups in total. The Morgan fingerprint density at radius 2 is 1.76 bits per heavy atom. The molecule has 2 aliphatic heterocycles. The van der Waals surface area contributed by atoms with Crippen LogP contribution in [0.3, 0.4) is 0 Å². The van der Waals surface area contributed by atoms with Gasteiger partial charge in [0.2, 0.25) is 0 Å². The summed E-state index contributed by atoms with van der Waals surface area (Å²) >= 11 is 0. The molecule has 3 aliphatic rings. The SMILES string of the molecule is COC(=O)CCC12CCC(c3ccc(-c4onc(C)c4NC(=O)O[C@H](C)c4ccccc4)cc3)(CC1)OC2. The minimum atomic E-state index is -0.571. The van der Waals surface area contributed by atoms with Gasteiger partial charge in [-0.05, 0) is 62.5 Å².